The highest BCUT2D eigenvalue weighted by Gasteiger charge is 2.27. The second kappa shape index (κ2) is 13.6. The van der Waals surface area contributed by atoms with Gasteiger partial charge in [-0.2, -0.15) is 5.26 Å². The van der Waals surface area contributed by atoms with Crippen molar-refractivity contribution < 1.29 is 14.3 Å². The van der Waals surface area contributed by atoms with Crippen molar-refractivity contribution in [3.63, 3.8) is 0 Å². The SMILES string of the molecule is CCCOc1ccc(C#N)cc1N(CC(=O)NCCNC(C)C)CC(=O)N(C)N1Cc2ccccc2C1. The van der Waals surface area contributed by atoms with Crippen molar-refractivity contribution in [2.24, 2.45) is 0 Å². The third kappa shape index (κ3) is 7.94. The van der Waals surface area contributed by atoms with E-state index in [0.717, 1.165) is 6.42 Å². The highest BCUT2D eigenvalue weighted by atomic mass is 16.5. The molecule has 37 heavy (non-hydrogen) atoms. The zero-order chi connectivity index (χ0) is 26.8. The van der Waals surface area contributed by atoms with Crippen molar-refractivity contribution in [1.29, 1.82) is 5.26 Å². The van der Waals surface area contributed by atoms with Crippen molar-refractivity contribution in [2.75, 3.05) is 44.7 Å². The molecule has 0 radical (unpaired) electrons. The molecule has 0 spiro atoms. The van der Waals surface area contributed by atoms with E-state index in [1.807, 2.05) is 37.9 Å². The fourth-order valence-corrected chi connectivity index (χ4v) is 4.14. The van der Waals surface area contributed by atoms with Gasteiger partial charge in [0.2, 0.25) is 5.91 Å². The summed E-state index contributed by atoms with van der Waals surface area (Å²) in [5.74, 6) is 0.170. The normalized spacial score (nSPS) is 12.6. The van der Waals surface area contributed by atoms with Crippen LogP contribution in [0.1, 0.15) is 43.9 Å². The number of nitrogens with one attached hydrogen (secondary N) is 2. The summed E-state index contributed by atoms with van der Waals surface area (Å²) in [4.78, 5) is 28.0. The van der Waals surface area contributed by atoms with Gasteiger partial charge in [-0.15, -0.1) is 0 Å². The first kappa shape index (κ1) is 28.0. The first-order valence-corrected chi connectivity index (χ1v) is 12.8. The maximum Gasteiger partial charge on any atom is 0.256 e. The van der Waals surface area contributed by atoms with Crippen LogP contribution in [0.4, 0.5) is 5.69 Å². The highest BCUT2D eigenvalue weighted by molar-refractivity contribution is 5.87. The lowest BCUT2D eigenvalue weighted by Gasteiger charge is -2.32. The number of carbonyl (C=O) groups excluding carboxylic acids is 2. The lowest BCUT2D eigenvalue weighted by Crippen LogP contribution is -2.48. The lowest BCUT2D eigenvalue weighted by molar-refractivity contribution is -0.145. The van der Waals surface area contributed by atoms with E-state index >= 15 is 0 Å². The minimum Gasteiger partial charge on any atom is -0.491 e. The van der Waals surface area contributed by atoms with Crippen molar-refractivity contribution in [2.45, 2.75) is 46.3 Å². The summed E-state index contributed by atoms with van der Waals surface area (Å²) in [6.45, 7) is 8.92. The number of rotatable bonds is 13. The monoisotopic (exact) mass is 506 g/mol. The van der Waals surface area contributed by atoms with Gasteiger partial charge < -0.3 is 20.3 Å². The number of hydrogen-bond acceptors (Lipinski definition) is 7. The number of nitrogens with zero attached hydrogens (tertiary/aromatic N) is 4. The summed E-state index contributed by atoms with van der Waals surface area (Å²) in [7, 11) is 1.75. The third-order valence-corrected chi connectivity index (χ3v) is 6.16. The number of nitriles is 1. The Labute approximate surface area is 220 Å². The molecule has 0 unspecified atom stereocenters. The summed E-state index contributed by atoms with van der Waals surface area (Å²) >= 11 is 0. The molecule has 2 aromatic carbocycles. The predicted molar refractivity (Wildman–Crippen MR) is 144 cm³/mol. The van der Waals surface area contributed by atoms with Crippen molar-refractivity contribution >= 4 is 17.5 Å². The van der Waals surface area contributed by atoms with Gasteiger partial charge in [-0.3, -0.25) is 14.6 Å². The maximum absolute atomic E-state index is 13.5. The minimum atomic E-state index is -0.210. The zero-order valence-corrected chi connectivity index (χ0v) is 22.3. The Hall–Kier alpha value is -3.61. The van der Waals surface area contributed by atoms with Crippen molar-refractivity contribution in [3.8, 4) is 11.8 Å². The molecule has 1 aliphatic rings. The maximum atomic E-state index is 13.5. The van der Waals surface area contributed by atoms with Crippen LogP contribution in [0.15, 0.2) is 42.5 Å². The molecule has 9 heteroatoms. The Morgan fingerprint density at radius 3 is 2.43 bits per heavy atom. The van der Waals surface area contributed by atoms with Gasteiger partial charge in [-0.1, -0.05) is 45.0 Å². The summed E-state index contributed by atoms with van der Waals surface area (Å²) in [5, 5.41) is 19.3. The Morgan fingerprint density at radius 1 is 1.11 bits per heavy atom. The van der Waals surface area contributed by atoms with Crippen LogP contribution in [-0.4, -0.2) is 67.7 Å². The second-order valence-electron chi connectivity index (χ2n) is 9.47. The number of likely N-dealkylation sites (N-methyl/N-ethyl adjacent to an activating group) is 1. The van der Waals surface area contributed by atoms with Crippen LogP contribution in [0.25, 0.3) is 0 Å². The van der Waals surface area contributed by atoms with Crippen LogP contribution in [-0.2, 0) is 22.7 Å². The van der Waals surface area contributed by atoms with Gasteiger partial charge in [0, 0.05) is 39.3 Å². The molecule has 3 rings (SSSR count). The molecular weight excluding hydrogens is 468 g/mol. The number of hydrazine groups is 1. The van der Waals surface area contributed by atoms with Gasteiger partial charge in [-0.05, 0) is 35.7 Å². The third-order valence-electron chi connectivity index (χ3n) is 6.16. The second-order valence-corrected chi connectivity index (χ2v) is 9.47. The largest absolute Gasteiger partial charge is 0.491 e. The minimum absolute atomic E-state index is 0.0428. The molecule has 0 aromatic heterocycles. The van der Waals surface area contributed by atoms with Crippen LogP contribution in [0.2, 0.25) is 0 Å². The quantitative estimate of drug-likeness (QED) is 0.403. The van der Waals surface area contributed by atoms with Gasteiger partial charge in [-0.25, -0.2) is 5.01 Å². The van der Waals surface area contributed by atoms with Crippen LogP contribution in [0.3, 0.4) is 0 Å². The Balaban J connectivity index is 1.78. The van der Waals surface area contributed by atoms with Gasteiger partial charge in [0.25, 0.3) is 5.91 Å². The summed E-state index contributed by atoms with van der Waals surface area (Å²) < 4.78 is 5.93. The lowest BCUT2D eigenvalue weighted by atomic mass is 10.1. The van der Waals surface area contributed by atoms with E-state index in [9.17, 15) is 14.9 Å². The topological polar surface area (TPSA) is 101 Å². The fourth-order valence-electron chi connectivity index (χ4n) is 4.14. The molecule has 2 aromatic rings. The van der Waals surface area contributed by atoms with Crippen LogP contribution in [0.5, 0.6) is 5.75 Å². The van der Waals surface area contributed by atoms with Crippen LogP contribution in [0, 0.1) is 11.3 Å². The molecule has 1 aliphatic heterocycles. The molecule has 2 N–H and O–H groups in total. The number of fused-ring (bicyclic) bond motifs is 1. The van der Waals surface area contributed by atoms with E-state index in [1.165, 1.54) is 11.1 Å². The number of amides is 2. The molecular formula is C28H38N6O3. The Bertz CT molecular complexity index is 1090. The van der Waals surface area contributed by atoms with Gasteiger partial charge in [0.15, 0.2) is 0 Å². The molecule has 2 amide bonds. The molecule has 1 heterocycles. The number of benzene rings is 2. The smallest absolute Gasteiger partial charge is 0.256 e. The van der Waals surface area contributed by atoms with E-state index in [2.05, 4.69) is 28.8 Å². The van der Waals surface area contributed by atoms with Gasteiger partial charge in [0.1, 0.15) is 5.75 Å². The molecule has 0 saturated carbocycles. The Kier molecular flexibility index (Phi) is 10.3. The number of ether oxygens (including phenoxy) is 1. The molecule has 0 aliphatic carbocycles. The van der Waals surface area contributed by atoms with E-state index in [0.29, 0.717) is 55.8 Å². The van der Waals surface area contributed by atoms with Crippen molar-refractivity contribution in [3.05, 3.63) is 59.2 Å². The van der Waals surface area contributed by atoms with E-state index in [1.54, 1.807) is 35.2 Å². The van der Waals surface area contributed by atoms with E-state index in [-0.39, 0.29) is 24.9 Å². The van der Waals surface area contributed by atoms with Gasteiger partial charge in [0.05, 0.1) is 37.0 Å². The average molecular weight is 507 g/mol. The fraction of sp³-hybridized carbons (Fsp3) is 0.464. The predicted octanol–water partition coefficient (Wildman–Crippen LogP) is 2.66. The number of hydrogen-bond donors (Lipinski definition) is 2. The zero-order valence-electron chi connectivity index (χ0n) is 22.3. The summed E-state index contributed by atoms with van der Waals surface area (Å²) in [6.07, 6.45) is 0.806. The van der Waals surface area contributed by atoms with Gasteiger partial charge >= 0.3 is 0 Å². The molecule has 198 valence electrons. The standard InChI is InChI=1S/C28H38N6O3/c1-5-14-37-26-11-10-22(16-29)15-25(26)33(19-27(35)31-13-12-30-21(2)3)20-28(36)32(4)34-17-23-8-6-7-9-24(23)18-34/h6-11,15,21,30H,5,12-14,17-20H2,1-4H3,(H,31,35). The van der Waals surface area contributed by atoms with E-state index < -0.39 is 0 Å². The summed E-state index contributed by atoms with van der Waals surface area (Å²) in [5.41, 5.74) is 3.38. The summed E-state index contributed by atoms with van der Waals surface area (Å²) in [6, 6.07) is 15.7. The first-order chi connectivity index (χ1) is 17.8. The molecule has 0 bridgehead atoms. The Morgan fingerprint density at radius 2 is 1.81 bits per heavy atom. The number of carbonyl (C=O) groups is 2. The molecule has 0 fully saturated rings. The first-order valence-electron chi connectivity index (χ1n) is 12.8. The van der Waals surface area contributed by atoms with E-state index in [4.69, 9.17) is 4.74 Å². The highest BCUT2D eigenvalue weighted by Crippen LogP contribution is 2.30. The van der Waals surface area contributed by atoms with Crippen LogP contribution >= 0.6 is 0 Å². The van der Waals surface area contributed by atoms with Crippen LogP contribution < -0.4 is 20.3 Å². The molecule has 0 saturated heterocycles. The molecule has 0 atom stereocenters. The average Bonchev–Trinajstić information content (AvgIpc) is 3.33. The van der Waals surface area contributed by atoms with Crippen molar-refractivity contribution in [1.82, 2.24) is 20.7 Å². The number of anilines is 1. The molecule has 9 nitrogen and oxygen atoms in total.